The van der Waals surface area contributed by atoms with Gasteiger partial charge in [-0.25, -0.2) is 0 Å². The summed E-state index contributed by atoms with van der Waals surface area (Å²) in [6, 6.07) is 4.23. The van der Waals surface area contributed by atoms with E-state index in [-0.39, 0.29) is 0 Å². The molecule has 0 saturated heterocycles. The zero-order valence-electron chi connectivity index (χ0n) is 7.93. The highest BCUT2D eigenvalue weighted by atomic mass is 79.9. The molecule has 0 spiro atoms. The third-order valence-electron chi connectivity index (χ3n) is 1.80. The van der Waals surface area contributed by atoms with Gasteiger partial charge in [-0.1, -0.05) is 12.5 Å². The average molecular weight is 260 g/mol. The fourth-order valence-corrected chi connectivity index (χ4v) is 2.53. The molecule has 1 nitrogen and oxygen atoms in total. The number of nitrogens with one attached hydrogen (secondary N) is 1. The minimum absolute atomic E-state index is 0.978. The van der Waals surface area contributed by atoms with E-state index in [1.165, 1.54) is 14.2 Å². The Balaban J connectivity index is 2.72. The Morgan fingerprint density at radius 2 is 2.38 bits per heavy atom. The topological polar surface area (TPSA) is 12.0 Å². The summed E-state index contributed by atoms with van der Waals surface area (Å²) in [5, 5.41) is 3.17. The van der Waals surface area contributed by atoms with E-state index in [2.05, 4.69) is 46.4 Å². The first kappa shape index (κ1) is 11.0. The van der Waals surface area contributed by atoms with Gasteiger partial charge in [0.1, 0.15) is 0 Å². The largest absolute Gasteiger partial charge is 0.316 e. The molecule has 0 aliphatic carbocycles. The molecule has 0 unspecified atom stereocenters. The summed E-state index contributed by atoms with van der Waals surface area (Å²) in [4.78, 5) is 1.32. The highest BCUT2D eigenvalue weighted by molar-refractivity contribution is 9.11. The molecule has 0 atom stereocenters. The van der Waals surface area contributed by atoms with Crippen LogP contribution in [0.3, 0.4) is 0 Å². The average Bonchev–Trinajstić information content (AvgIpc) is 2.50. The van der Waals surface area contributed by atoms with Gasteiger partial charge in [0.05, 0.1) is 3.79 Å². The first-order valence-corrected chi connectivity index (χ1v) is 5.96. The van der Waals surface area contributed by atoms with Crippen molar-refractivity contribution in [3.8, 4) is 0 Å². The molecular formula is C10H14BrNS. The number of rotatable bonds is 4. The van der Waals surface area contributed by atoms with Crippen molar-refractivity contribution >= 4 is 33.3 Å². The summed E-state index contributed by atoms with van der Waals surface area (Å²) in [5.74, 6) is 0. The summed E-state index contributed by atoms with van der Waals surface area (Å²) in [5.41, 5.74) is 1.44. The predicted octanol–water partition coefficient (Wildman–Crippen LogP) is 3.52. The van der Waals surface area contributed by atoms with Crippen LogP contribution in [-0.4, -0.2) is 13.6 Å². The number of hydrogen-bond donors (Lipinski definition) is 1. The van der Waals surface area contributed by atoms with Gasteiger partial charge >= 0.3 is 0 Å². The van der Waals surface area contributed by atoms with Gasteiger partial charge in [-0.3, -0.25) is 0 Å². The highest BCUT2D eigenvalue weighted by Gasteiger charge is 1.96. The molecular weight excluding hydrogens is 246 g/mol. The molecule has 72 valence electrons. The first-order valence-electron chi connectivity index (χ1n) is 4.35. The van der Waals surface area contributed by atoms with Crippen molar-refractivity contribution in [3.63, 3.8) is 0 Å². The highest BCUT2D eigenvalue weighted by Crippen LogP contribution is 2.24. The maximum absolute atomic E-state index is 3.46. The molecule has 0 amide bonds. The second kappa shape index (κ2) is 5.58. The van der Waals surface area contributed by atoms with Crippen LogP contribution in [-0.2, 0) is 0 Å². The van der Waals surface area contributed by atoms with Gasteiger partial charge in [-0.15, -0.1) is 11.3 Å². The van der Waals surface area contributed by atoms with Crippen molar-refractivity contribution < 1.29 is 0 Å². The zero-order valence-corrected chi connectivity index (χ0v) is 10.3. The van der Waals surface area contributed by atoms with Gasteiger partial charge in [0.25, 0.3) is 0 Å². The summed E-state index contributed by atoms with van der Waals surface area (Å²) < 4.78 is 1.19. The van der Waals surface area contributed by atoms with E-state index < -0.39 is 0 Å². The zero-order chi connectivity index (χ0) is 9.68. The molecule has 1 aromatic heterocycles. The Morgan fingerprint density at radius 1 is 1.62 bits per heavy atom. The van der Waals surface area contributed by atoms with Crippen LogP contribution in [0, 0.1) is 0 Å². The first-order chi connectivity index (χ1) is 6.26. The molecule has 0 fully saturated rings. The Morgan fingerprint density at radius 3 is 2.85 bits per heavy atom. The maximum Gasteiger partial charge on any atom is 0.0704 e. The van der Waals surface area contributed by atoms with Crippen LogP contribution < -0.4 is 5.32 Å². The summed E-state index contributed by atoms with van der Waals surface area (Å²) in [6.07, 6.45) is 3.36. The molecule has 1 rings (SSSR count). The van der Waals surface area contributed by atoms with Crippen LogP contribution in [0.2, 0.25) is 0 Å². The molecule has 0 aliphatic rings. The van der Waals surface area contributed by atoms with E-state index in [0.29, 0.717) is 0 Å². The Bertz CT molecular complexity index is 291. The second-order valence-electron chi connectivity index (χ2n) is 2.83. The van der Waals surface area contributed by atoms with E-state index in [1.54, 1.807) is 11.3 Å². The minimum Gasteiger partial charge on any atom is -0.316 e. The van der Waals surface area contributed by atoms with Crippen LogP contribution in [0.5, 0.6) is 0 Å². The van der Waals surface area contributed by atoms with Crippen molar-refractivity contribution in [1.82, 2.24) is 5.32 Å². The van der Waals surface area contributed by atoms with Gasteiger partial charge in [0.2, 0.25) is 0 Å². The van der Waals surface area contributed by atoms with Crippen LogP contribution >= 0.6 is 27.3 Å². The van der Waals surface area contributed by atoms with Crippen molar-refractivity contribution in [1.29, 1.82) is 0 Å². The lowest BCUT2D eigenvalue weighted by Gasteiger charge is -2.01. The molecule has 1 heterocycles. The molecule has 0 bridgehead atoms. The smallest absolute Gasteiger partial charge is 0.0704 e. The molecule has 3 heteroatoms. The molecule has 1 N–H and O–H groups in total. The number of thiophene rings is 1. The predicted molar refractivity (Wildman–Crippen MR) is 64.2 cm³/mol. The van der Waals surface area contributed by atoms with E-state index in [9.17, 15) is 0 Å². The molecule has 1 aromatic rings. The van der Waals surface area contributed by atoms with Gasteiger partial charge < -0.3 is 5.32 Å². The lowest BCUT2D eigenvalue weighted by atomic mass is 10.2. The Kier molecular flexibility index (Phi) is 4.70. The van der Waals surface area contributed by atoms with E-state index in [0.717, 1.165) is 13.0 Å². The maximum atomic E-state index is 3.46. The fourth-order valence-electron chi connectivity index (χ4n) is 1.11. The van der Waals surface area contributed by atoms with Crippen LogP contribution in [0.4, 0.5) is 0 Å². The van der Waals surface area contributed by atoms with E-state index >= 15 is 0 Å². The monoisotopic (exact) mass is 259 g/mol. The normalized spacial score (nSPS) is 12.1. The lowest BCUT2D eigenvalue weighted by Crippen LogP contribution is -2.09. The molecule has 13 heavy (non-hydrogen) atoms. The molecule has 0 radical (unpaired) electrons. The lowest BCUT2D eigenvalue weighted by molar-refractivity contribution is 0.851. The van der Waals surface area contributed by atoms with Gasteiger partial charge in [0.15, 0.2) is 0 Å². The van der Waals surface area contributed by atoms with Crippen molar-refractivity contribution in [3.05, 3.63) is 26.4 Å². The number of likely N-dealkylation sites (N-methyl/N-ethyl adjacent to an activating group) is 1. The SMILES string of the molecule is CCC(=Cc1ccc(Br)s1)CNC. The Labute approximate surface area is 92.0 Å². The Hall–Kier alpha value is -0.120. The second-order valence-corrected chi connectivity index (χ2v) is 5.32. The van der Waals surface area contributed by atoms with Crippen LogP contribution in [0.25, 0.3) is 6.08 Å². The fraction of sp³-hybridized carbons (Fsp3) is 0.400. The van der Waals surface area contributed by atoms with E-state index in [1.807, 2.05) is 7.05 Å². The quantitative estimate of drug-likeness (QED) is 0.873. The molecule has 0 aliphatic heterocycles. The van der Waals surface area contributed by atoms with Crippen molar-refractivity contribution in [2.24, 2.45) is 0 Å². The van der Waals surface area contributed by atoms with Crippen molar-refractivity contribution in [2.75, 3.05) is 13.6 Å². The number of halogens is 1. The van der Waals surface area contributed by atoms with Crippen LogP contribution in [0.15, 0.2) is 21.5 Å². The minimum atomic E-state index is 0.978. The standard InChI is InChI=1S/C10H14BrNS/c1-3-8(7-12-2)6-9-4-5-10(11)13-9/h4-6,12H,3,7H2,1-2H3. The third kappa shape index (κ3) is 3.63. The van der Waals surface area contributed by atoms with Gasteiger partial charge in [-0.05, 0) is 47.6 Å². The van der Waals surface area contributed by atoms with Gasteiger partial charge in [-0.2, -0.15) is 0 Å². The van der Waals surface area contributed by atoms with Crippen molar-refractivity contribution in [2.45, 2.75) is 13.3 Å². The summed E-state index contributed by atoms with van der Waals surface area (Å²) >= 11 is 5.23. The summed E-state index contributed by atoms with van der Waals surface area (Å²) in [6.45, 7) is 3.16. The van der Waals surface area contributed by atoms with Crippen LogP contribution in [0.1, 0.15) is 18.2 Å². The number of hydrogen-bond acceptors (Lipinski definition) is 2. The third-order valence-corrected chi connectivity index (χ3v) is 3.37. The molecule has 0 aromatic carbocycles. The van der Waals surface area contributed by atoms with Gasteiger partial charge in [0, 0.05) is 11.4 Å². The van der Waals surface area contributed by atoms with E-state index in [4.69, 9.17) is 0 Å². The molecule has 0 saturated carbocycles. The summed E-state index contributed by atoms with van der Waals surface area (Å²) in [7, 11) is 1.98.